The van der Waals surface area contributed by atoms with Gasteiger partial charge in [-0.25, -0.2) is 0 Å². The standard InChI is InChI=1S/C11H15ClN2OS/c1-13-4-6-14(7-5-13)8-9(15)10-2-3-11(12)16-10/h2-3H,4-8H2,1H3. The second-order valence-corrected chi connectivity index (χ2v) is 5.82. The van der Waals surface area contributed by atoms with E-state index in [1.165, 1.54) is 11.3 Å². The van der Waals surface area contributed by atoms with E-state index < -0.39 is 0 Å². The number of hydrogen-bond donors (Lipinski definition) is 0. The lowest BCUT2D eigenvalue weighted by atomic mass is 10.2. The summed E-state index contributed by atoms with van der Waals surface area (Å²) >= 11 is 7.18. The second kappa shape index (κ2) is 5.27. The summed E-state index contributed by atoms with van der Waals surface area (Å²) in [6.07, 6.45) is 0. The van der Waals surface area contributed by atoms with Gasteiger partial charge < -0.3 is 4.90 Å². The number of nitrogens with zero attached hydrogens (tertiary/aromatic N) is 2. The summed E-state index contributed by atoms with van der Waals surface area (Å²) in [7, 11) is 2.11. The Bertz CT molecular complexity index is 372. The van der Waals surface area contributed by atoms with Gasteiger partial charge in [-0.05, 0) is 19.2 Å². The van der Waals surface area contributed by atoms with E-state index in [-0.39, 0.29) is 5.78 Å². The molecular weight excluding hydrogens is 244 g/mol. The Morgan fingerprint density at radius 3 is 2.62 bits per heavy atom. The molecule has 16 heavy (non-hydrogen) atoms. The monoisotopic (exact) mass is 258 g/mol. The SMILES string of the molecule is CN1CCN(CC(=O)c2ccc(Cl)s2)CC1. The number of carbonyl (C=O) groups is 1. The fourth-order valence-electron chi connectivity index (χ4n) is 1.75. The molecule has 0 saturated carbocycles. The van der Waals surface area contributed by atoms with E-state index in [4.69, 9.17) is 11.6 Å². The number of rotatable bonds is 3. The van der Waals surface area contributed by atoms with Crippen LogP contribution in [-0.2, 0) is 0 Å². The Morgan fingerprint density at radius 1 is 1.38 bits per heavy atom. The fourth-order valence-corrected chi connectivity index (χ4v) is 2.72. The molecule has 2 rings (SSSR count). The molecule has 0 aromatic carbocycles. The maximum Gasteiger partial charge on any atom is 0.186 e. The summed E-state index contributed by atoms with van der Waals surface area (Å²) in [5.41, 5.74) is 0. The number of halogens is 1. The minimum atomic E-state index is 0.182. The van der Waals surface area contributed by atoms with Crippen LogP contribution >= 0.6 is 22.9 Å². The summed E-state index contributed by atoms with van der Waals surface area (Å²) in [5, 5.41) is 0. The topological polar surface area (TPSA) is 23.6 Å². The molecule has 0 unspecified atom stereocenters. The average molecular weight is 259 g/mol. The maximum absolute atomic E-state index is 11.9. The molecule has 2 heterocycles. The summed E-state index contributed by atoms with van der Waals surface area (Å²) in [6.45, 7) is 4.55. The van der Waals surface area contributed by atoms with Gasteiger partial charge in [0.2, 0.25) is 0 Å². The van der Waals surface area contributed by atoms with Crippen LogP contribution in [0.4, 0.5) is 0 Å². The molecule has 3 nitrogen and oxygen atoms in total. The first-order valence-corrected chi connectivity index (χ1v) is 6.54. The van der Waals surface area contributed by atoms with Gasteiger partial charge in [-0.3, -0.25) is 9.69 Å². The van der Waals surface area contributed by atoms with E-state index in [0.717, 1.165) is 31.1 Å². The van der Waals surface area contributed by atoms with Crippen LogP contribution in [0.5, 0.6) is 0 Å². The van der Waals surface area contributed by atoms with Gasteiger partial charge in [0.1, 0.15) is 0 Å². The normalized spacial score (nSPS) is 18.9. The predicted octanol–water partition coefficient (Wildman–Crippen LogP) is 1.83. The van der Waals surface area contributed by atoms with Gasteiger partial charge >= 0.3 is 0 Å². The Balaban J connectivity index is 1.88. The molecule has 0 N–H and O–H groups in total. The molecule has 1 aromatic rings. The smallest absolute Gasteiger partial charge is 0.186 e. The van der Waals surface area contributed by atoms with Crippen LogP contribution in [-0.4, -0.2) is 55.4 Å². The highest BCUT2D eigenvalue weighted by atomic mass is 35.5. The van der Waals surface area contributed by atoms with Crippen molar-refractivity contribution in [3.05, 3.63) is 21.3 Å². The van der Waals surface area contributed by atoms with Gasteiger partial charge in [0.15, 0.2) is 5.78 Å². The highest BCUT2D eigenvalue weighted by Gasteiger charge is 2.18. The molecule has 0 radical (unpaired) electrons. The van der Waals surface area contributed by atoms with Gasteiger partial charge in [-0.15, -0.1) is 11.3 Å². The van der Waals surface area contributed by atoms with E-state index in [0.29, 0.717) is 10.9 Å². The van der Waals surface area contributed by atoms with Crippen LogP contribution in [0.2, 0.25) is 4.34 Å². The molecule has 1 aromatic heterocycles. The van der Waals surface area contributed by atoms with Crippen LogP contribution in [0, 0.1) is 0 Å². The largest absolute Gasteiger partial charge is 0.304 e. The zero-order valence-electron chi connectivity index (χ0n) is 9.28. The zero-order chi connectivity index (χ0) is 11.5. The first-order chi connectivity index (χ1) is 7.65. The van der Waals surface area contributed by atoms with E-state index >= 15 is 0 Å². The van der Waals surface area contributed by atoms with E-state index in [2.05, 4.69) is 16.8 Å². The van der Waals surface area contributed by atoms with Crippen LogP contribution in [0.15, 0.2) is 12.1 Å². The summed E-state index contributed by atoms with van der Waals surface area (Å²) in [6, 6.07) is 3.59. The molecule has 0 atom stereocenters. The third kappa shape index (κ3) is 3.04. The molecule has 5 heteroatoms. The van der Waals surface area contributed by atoms with E-state index in [1.54, 1.807) is 6.07 Å². The minimum Gasteiger partial charge on any atom is -0.304 e. The van der Waals surface area contributed by atoms with Crippen molar-refractivity contribution >= 4 is 28.7 Å². The van der Waals surface area contributed by atoms with Gasteiger partial charge in [0.25, 0.3) is 0 Å². The molecule has 1 aliphatic rings. The Kier molecular flexibility index (Phi) is 3.97. The number of ketones is 1. The zero-order valence-corrected chi connectivity index (χ0v) is 10.9. The average Bonchev–Trinajstić information content (AvgIpc) is 2.68. The van der Waals surface area contributed by atoms with Crippen molar-refractivity contribution in [2.24, 2.45) is 0 Å². The predicted molar refractivity (Wildman–Crippen MR) is 67.6 cm³/mol. The number of Topliss-reactive ketones (excluding diaryl/α,β-unsaturated/α-hetero) is 1. The van der Waals surface area contributed by atoms with E-state index in [1.807, 2.05) is 6.07 Å². The lowest BCUT2D eigenvalue weighted by Crippen LogP contribution is -2.46. The number of likely N-dealkylation sites (N-methyl/N-ethyl adjacent to an activating group) is 1. The number of piperazine rings is 1. The highest BCUT2D eigenvalue weighted by molar-refractivity contribution is 7.18. The van der Waals surface area contributed by atoms with Crippen LogP contribution < -0.4 is 0 Å². The van der Waals surface area contributed by atoms with E-state index in [9.17, 15) is 4.79 Å². The molecule has 88 valence electrons. The fraction of sp³-hybridized carbons (Fsp3) is 0.545. The molecule has 0 bridgehead atoms. The van der Waals surface area contributed by atoms with Crippen molar-refractivity contribution in [3.8, 4) is 0 Å². The van der Waals surface area contributed by atoms with Gasteiger partial charge in [-0.1, -0.05) is 11.6 Å². The Labute approximate surface area is 105 Å². The minimum absolute atomic E-state index is 0.182. The number of carbonyl (C=O) groups excluding carboxylic acids is 1. The third-order valence-corrected chi connectivity index (χ3v) is 4.08. The van der Waals surface area contributed by atoms with Crippen molar-refractivity contribution in [2.75, 3.05) is 39.8 Å². The van der Waals surface area contributed by atoms with Crippen molar-refractivity contribution in [3.63, 3.8) is 0 Å². The summed E-state index contributed by atoms with van der Waals surface area (Å²) in [5.74, 6) is 0.182. The summed E-state index contributed by atoms with van der Waals surface area (Å²) < 4.78 is 0.682. The highest BCUT2D eigenvalue weighted by Crippen LogP contribution is 2.22. The number of hydrogen-bond acceptors (Lipinski definition) is 4. The molecule has 0 aliphatic carbocycles. The lowest BCUT2D eigenvalue weighted by Gasteiger charge is -2.31. The molecule has 0 amide bonds. The maximum atomic E-state index is 11.9. The van der Waals surface area contributed by atoms with Crippen molar-refractivity contribution in [1.82, 2.24) is 9.80 Å². The van der Waals surface area contributed by atoms with Crippen molar-refractivity contribution < 1.29 is 4.79 Å². The summed E-state index contributed by atoms with van der Waals surface area (Å²) in [4.78, 5) is 17.2. The van der Waals surface area contributed by atoms with Gasteiger partial charge in [0, 0.05) is 26.2 Å². The lowest BCUT2D eigenvalue weighted by molar-refractivity contribution is 0.0880. The van der Waals surface area contributed by atoms with Gasteiger partial charge in [-0.2, -0.15) is 0 Å². The molecule has 1 saturated heterocycles. The number of thiophene rings is 1. The second-order valence-electron chi connectivity index (χ2n) is 4.11. The quantitative estimate of drug-likeness (QED) is 0.773. The first-order valence-electron chi connectivity index (χ1n) is 5.34. The van der Waals surface area contributed by atoms with Crippen LogP contribution in [0.1, 0.15) is 9.67 Å². The first kappa shape index (κ1) is 12.0. The Morgan fingerprint density at radius 2 is 2.06 bits per heavy atom. The third-order valence-electron chi connectivity index (χ3n) is 2.81. The molecule has 0 spiro atoms. The van der Waals surface area contributed by atoms with Crippen LogP contribution in [0.3, 0.4) is 0 Å². The molecule has 1 aliphatic heterocycles. The van der Waals surface area contributed by atoms with Crippen LogP contribution in [0.25, 0.3) is 0 Å². The molecule has 1 fully saturated rings. The molecular formula is C11H15ClN2OS. The van der Waals surface area contributed by atoms with Crippen molar-refractivity contribution in [1.29, 1.82) is 0 Å². The van der Waals surface area contributed by atoms with Gasteiger partial charge in [0.05, 0.1) is 15.8 Å². The Hall–Kier alpha value is -0.420. The van der Waals surface area contributed by atoms with Crippen molar-refractivity contribution in [2.45, 2.75) is 0 Å².